The van der Waals surface area contributed by atoms with E-state index in [4.69, 9.17) is 9.47 Å². The van der Waals surface area contributed by atoms with Crippen LogP contribution in [0.5, 0.6) is 5.75 Å². The number of morpholine rings is 1. The molecule has 0 spiro atoms. The summed E-state index contributed by atoms with van der Waals surface area (Å²) in [7, 11) is 0. The first-order chi connectivity index (χ1) is 18.8. The van der Waals surface area contributed by atoms with E-state index in [0.717, 1.165) is 19.6 Å². The van der Waals surface area contributed by atoms with E-state index >= 15 is 0 Å². The third-order valence-corrected chi connectivity index (χ3v) is 7.05. The lowest BCUT2D eigenvalue weighted by molar-refractivity contribution is -0.142. The molecule has 0 bridgehead atoms. The number of amides is 2. The van der Waals surface area contributed by atoms with Crippen molar-refractivity contribution in [2.24, 2.45) is 0 Å². The van der Waals surface area contributed by atoms with Crippen molar-refractivity contribution >= 4 is 17.4 Å². The number of H-pyrrole nitrogens is 1. The zero-order chi connectivity index (χ0) is 29.2. The first-order valence-electron chi connectivity index (χ1n) is 13.3. The van der Waals surface area contributed by atoms with Crippen LogP contribution in [0.2, 0.25) is 0 Å². The van der Waals surface area contributed by atoms with E-state index in [1.807, 2.05) is 0 Å². The Hall–Kier alpha value is -3.38. The second kappa shape index (κ2) is 11.6. The van der Waals surface area contributed by atoms with Gasteiger partial charge < -0.3 is 19.7 Å². The largest absolute Gasteiger partial charge is 0.492 e. The summed E-state index contributed by atoms with van der Waals surface area (Å²) in [4.78, 5) is 30.7. The molecule has 1 aromatic heterocycles. The van der Waals surface area contributed by atoms with E-state index in [1.165, 1.54) is 4.90 Å². The lowest BCUT2D eigenvalue weighted by Gasteiger charge is -2.32. The molecule has 0 radical (unpaired) electrons. The van der Waals surface area contributed by atoms with Gasteiger partial charge in [-0.25, -0.2) is 0 Å². The molecule has 2 N–H and O–H groups in total. The van der Waals surface area contributed by atoms with Crippen LogP contribution in [0.3, 0.4) is 0 Å². The molecule has 40 heavy (non-hydrogen) atoms. The molecular weight excluding hydrogens is 527 g/mol. The topological polar surface area (TPSA) is 99.8 Å². The fourth-order valence-corrected chi connectivity index (χ4v) is 5.10. The van der Waals surface area contributed by atoms with Gasteiger partial charge in [-0.05, 0) is 45.0 Å². The Morgan fingerprint density at radius 1 is 1.18 bits per heavy atom. The van der Waals surface area contributed by atoms with Gasteiger partial charge >= 0.3 is 6.18 Å². The monoisotopic (exact) mass is 563 g/mol. The van der Waals surface area contributed by atoms with Crippen LogP contribution in [0, 0.1) is 0 Å². The van der Waals surface area contributed by atoms with Crippen molar-refractivity contribution in [1.29, 1.82) is 0 Å². The maximum atomic E-state index is 14.0. The number of nitrogens with zero attached hydrogens (tertiary/aromatic N) is 3. The number of aromatic nitrogens is 2. The number of carbonyl (C=O) groups is 2. The van der Waals surface area contributed by atoms with Gasteiger partial charge in [0.2, 0.25) is 0 Å². The normalized spacial score (nSPS) is 18.0. The number of ether oxygens (including phenoxy) is 2. The lowest BCUT2D eigenvalue weighted by Crippen LogP contribution is -2.40. The van der Waals surface area contributed by atoms with E-state index in [0.29, 0.717) is 31.1 Å². The quantitative estimate of drug-likeness (QED) is 0.532. The van der Waals surface area contributed by atoms with E-state index in [2.05, 4.69) is 20.4 Å². The van der Waals surface area contributed by atoms with Crippen molar-refractivity contribution in [2.75, 3.05) is 46.0 Å². The van der Waals surface area contributed by atoms with Gasteiger partial charge in [0.15, 0.2) is 5.69 Å². The molecule has 0 atom stereocenters. The Bertz CT molecular complexity index is 1260. The number of alkyl halides is 3. The zero-order valence-corrected chi connectivity index (χ0v) is 23.4. The van der Waals surface area contributed by atoms with Crippen molar-refractivity contribution in [2.45, 2.75) is 52.3 Å². The molecule has 218 valence electrons. The molecule has 0 unspecified atom stereocenters. The van der Waals surface area contributed by atoms with Crippen molar-refractivity contribution in [3.05, 3.63) is 52.5 Å². The highest BCUT2D eigenvalue weighted by Crippen LogP contribution is 2.44. The second-order valence-electron chi connectivity index (χ2n) is 11.0. The standard InChI is InChI=1S/C28H36F3N5O4/c1-17(2)32-25(37)21-18(3)36(16-27(4,5)22-23(21)33-34-24(22)28(29,30)31)26(38)19-6-8-20(9-7-19)40-15-12-35-10-13-39-14-11-35/h6-9,17H,10-16H2,1-5H3,(H,32,37)(H,33,34). The number of rotatable bonds is 7. The molecule has 1 saturated heterocycles. The Kier molecular flexibility index (Phi) is 8.60. The maximum Gasteiger partial charge on any atom is 0.435 e. The fraction of sp³-hybridized carbons (Fsp3) is 0.536. The summed E-state index contributed by atoms with van der Waals surface area (Å²) in [6.45, 7) is 12.6. The highest BCUT2D eigenvalue weighted by Gasteiger charge is 2.47. The minimum atomic E-state index is -4.74. The number of halogens is 3. The fourth-order valence-electron chi connectivity index (χ4n) is 5.10. The maximum absolute atomic E-state index is 14.0. The van der Waals surface area contributed by atoms with Crippen molar-refractivity contribution in [1.82, 2.24) is 25.3 Å². The smallest absolute Gasteiger partial charge is 0.435 e. The van der Waals surface area contributed by atoms with Gasteiger partial charge in [0.1, 0.15) is 12.4 Å². The van der Waals surface area contributed by atoms with Gasteiger partial charge in [-0.15, -0.1) is 0 Å². The zero-order valence-electron chi connectivity index (χ0n) is 23.4. The van der Waals surface area contributed by atoms with E-state index < -0.39 is 29.1 Å². The SMILES string of the molecule is CC1=C(C(=O)NC(C)C)c2[nH]nc(C(F)(F)F)c2C(C)(C)CN1C(=O)c1ccc(OCCN2CCOCC2)cc1. The molecular formula is C28H36F3N5O4. The molecule has 3 heterocycles. The van der Waals surface area contributed by atoms with Crippen molar-refractivity contribution in [3.8, 4) is 5.75 Å². The molecule has 1 fully saturated rings. The average Bonchev–Trinajstić information content (AvgIpc) is 3.31. The summed E-state index contributed by atoms with van der Waals surface area (Å²) >= 11 is 0. The Labute approximate surface area is 231 Å². The van der Waals surface area contributed by atoms with Gasteiger partial charge in [0, 0.05) is 54.5 Å². The highest BCUT2D eigenvalue weighted by molar-refractivity contribution is 6.21. The number of aromatic amines is 1. The van der Waals surface area contributed by atoms with Crippen molar-refractivity contribution < 1.29 is 32.2 Å². The van der Waals surface area contributed by atoms with Gasteiger partial charge in [-0.1, -0.05) is 13.8 Å². The number of nitrogens with one attached hydrogen (secondary N) is 2. The van der Waals surface area contributed by atoms with Crippen LogP contribution in [0.15, 0.2) is 30.0 Å². The van der Waals surface area contributed by atoms with Crippen LogP contribution in [0.4, 0.5) is 13.2 Å². The molecule has 9 nitrogen and oxygen atoms in total. The van der Waals surface area contributed by atoms with Gasteiger partial charge in [0.05, 0.1) is 24.5 Å². The van der Waals surface area contributed by atoms with Crippen LogP contribution in [0.25, 0.3) is 5.57 Å². The number of hydrogen-bond donors (Lipinski definition) is 2. The molecule has 1 aromatic carbocycles. The van der Waals surface area contributed by atoms with Crippen LogP contribution in [-0.4, -0.2) is 83.9 Å². The Morgan fingerprint density at radius 3 is 2.42 bits per heavy atom. The van der Waals surface area contributed by atoms with Gasteiger partial charge in [-0.3, -0.25) is 19.6 Å². The van der Waals surface area contributed by atoms with E-state index in [1.54, 1.807) is 58.9 Å². The number of allylic oxidation sites excluding steroid dienone is 1. The van der Waals surface area contributed by atoms with Crippen LogP contribution >= 0.6 is 0 Å². The van der Waals surface area contributed by atoms with Gasteiger partial charge in [0.25, 0.3) is 11.8 Å². The van der Waals surface area contributed by atoms with E-state index in [-0.39, 0.29) is 35.1 Å². The van der Waals surface area contributed by atoms with Crippen LogP contribution in [0.1, 0.15) is 61.9 Å². The molecule has 0 saturated carbocycles. The lowest BCUT2D eigenvalue weighted by atomic mass is 9.81. The van der Waals surface area contributed by atoms with E-state index in [9.17, 15) is 22.8 Å². The predicted molar refractivity (Wildman–Crippen MR) is 143 cm³/mol. The molecule has 4 rings (SSSR count). The molecule has 2 aromatic rings. The highest BCUT2D eigenvalue weighted by atomic mass is 19.4. The summed E-state index contributed by atoms with van der Waals surface area (Å²) in [6.07, 6.45) is -4.74. The van der Waals surface area contributed by atoms with Crippen LogP contribution < -0.4 is 10.1 Å². The first kappa shape index (κ1) is 29.6. The summed E-state index contributed by atoms with van der Waals surface area (Å²) < 4.78 is 53.1. The average molecular weight is 564 g/mol. The summed E-state index contributed by atoms with van der Waals surface area (Å²) in [5.74, 6) is -0.432. The third-order valence-electron chi connectivity index (χ3n) is 7.05. The molecule has 2 aliphatic heterocycles. The summed E-state index contributed by atoms with van der Waals surface area (Å²) in [6, 6.07) is 6.34. The van der Waals surface area contributed by atoms with Gasteiger partial charge in [-0.2, -0.15) is 18.3 Å². The van der Waals surface area contributed by atoms with Crippen LogP contribution in [-0.2, 0) is 21.1 Å². The molecule has 12 heteroatoms. The number of fused-ring (bicyclic) bond motifs is 1. The summed E-state index contributed by atoms with van der Waals surface area (Å²) in [5.41, 5.74) is -1.96. The number of hydrogen-bond acceptors (Lipinski definition) is 6. The minimum absolute atomic E-state index is 0.0349. The first-order valence-corrected chi connectivity index (χ1v) is 13.3. The Morgan fingerprint density at radius 2 is 1.82 bits per heavy atom. The third kappa shape index (κ3) is 6.33. The Balaban J connectivity index is 1.62. The van der Waals surface area contributed by atoms with Crippen molar-refractivity contribution in [3.63, 3.8) is 0 Å². The molecule has 2 amide bonds. The summed E-state index contributed by atoms with van der Waals surface area (Å²) in [5, 5.41) is 8.76. The molecule has 2 aliphatic rings. The number of carbonyl (C=O) groups excluding carboxylic acids is 2. The predicted octanol–water partition coefficient (Wildman–Crippen LogP) is 3.83. The molecule has 0 aliphatic carbocycles. The minimum Gasteiger partial charge on any atom is -0.492 e. The second-order valence-corrected chi connectivity index (χ2v) is 11.0. The number of benzene rings is 1.